The Morgan fingerprint density at radius 1 is 0.606 bits per heavy atom. The zero-order chi connectivity index (χ0) is 23.3. The fraction of sp³-hybridized carbons (Fsp3) is 0.103. The second-order valence-corrected chi connectivity index (χ2v) is 10.9. The first-order valence-corrected chi connectivity index (χ1v) is 13.4. The van der Waals surface area contributed by atoms with Crippen LogP contribution in [0.15, 0.2) is 121 Å². The predicted octanol–water partition coefficient (Wildman–Crippen LogP) is 9.15. The van der Waals surface area contributed by atoms with Gasteiger partial charge in [0, 0.05) is 11.0 Å². The Labute approximate surface area is 216 Å². The second kappa shape index (κ2) is 14.1. The Bertz CT molecular complexity index is 1110. The van der Waals surface area contributed by atoms with Gasteiger partial charge < -0.3 is 0 Å². The number of hydrogen-bond acceptors (Lipinski definition) is 4. The summed E-state index contributed by atoms with van der Waals surface area (Å²) in [7, 11) is 0. The zero-order valence-corrected chi connectivity index (χ0v) is 21.7. The van der Waals surface area contributed by atoms with Gasteiger partial charge in [0.1, 0.15) is 0 Å². The number of thiocarbonyl (C=S) groups is 2. The van der Waals surface area contributed by atoms with E-state index in [1.54, 1.807) is 23.5 Å². The van der Waals surface area contributed by atoms with Crippen molar-refractivity contribution < 1.29 is 0 Å². The van der Waals surface area contributed by atoms with Crippen molar-refractivity contribution in [1.29, 1.82) is 0 Å². The molecule has 0 fully saturated rings. The lowest BCUT2D eigenvalue weighted by Gasteiger charge is -2.12. The molecule has 4 rings (SSSR count). The number of benzene rings is 4. The number of rotatable bonds is 6. The third-order valence-electron chi connectivity index (χ3n) is 4.78. The maximum atomic E-state index is 5.46. The Morgan fingerprint density at radius 3 is 1.55 bits per heavy atom. The average molecular weight is 503 g/mol. The van der Waals surface area contributed by atoms with E-state index in [9.17, 15) is 0 Å². The zero-order valence-electron chi connectivity index (χ0n) is 18.5. The summed E-state index contributed by atoms with van der Waals surface area (Å²) in [5.41, 5.74) is 4.90. The maximum Gasteiger partial charge on any atom is 0.0784 e. The molecule has 0 amide bonds. The monoisotopic (exact) mass is 502 g/mol. The molecule has 4 aromatic carbocycles. The number of thioether (sulfide) groups is 2. The molecule has 4 aromatic rings. The predicted molar refractivity (Wildman–Crippen MR) is 156 cm³/mol. The Balaban J connectivity index is 0.000000186. The summed E-state index contributed by atoms with van der Waals surface area (Å²) >= 11 is 14.3. The third kappa shape index (κ3) is 8.90. The van der Waals surface area contributed by atoms with Crippen molar-refractivity contribution in [2.75, 3.05) is 0 Å². The van der Waals surface area contributed by atoms with Crippen LogP contribution in [0.25, 0.3) is 0 Å². The first kappa shape index (κ1) is 25.4. The molecule has 0 aliphatic heterocycles. The van der Waals surface area contributed by atoms with E-state index in [1.807, 2.05) is 48.5 Å². The van der Waals surface area contributed by atoms with Crippen LogP contribution in [0.3, 0.4) is 0 Å². The van der Waals surface area contributed by atoms with Crippen molar-refractivity contribution in [2.24, 2.45) is 0 Å². The molecule has 0 radical (unpaired) electrons. The molecule has 4 heteroatoms. The first-order valence-electron chi connectivity index (χ1n) is 10.7. The summed E-state index contributed by atoms with van der Waals surface area (Å²) in [6.45, 7) is 2.19. The summed E-state index contributed by atoms with van der Waals surface area (Å²) in [4.78, 5) is 0. The quantitative estimate of drug-likeness (QED) is 0.241. The van der Waals surface area contributed by atoms with E-state index in [1.165, 1.54) is 11.1 Å². The van der Waals surface area contributed by atoms with E-state index in [0.29, 0.717) is 5.25 Å². The summed E-state index contributed by atoms with van der Waals surface area (Å²) in [6.07, 6.45) is 0. The molecule has 1 atom stereocenters. The van der Waals surface area contributed by atoms with Crippen LogP contribution in [-0.2, 0) is 5.75 Å². The van der Waals surface area contributed by atoms with Crippen molar-refractivity contribution in [3.63, 3.8) is 0 Å². The third-order valence-corrected chi connectivity index (χ3v) is 7.95. The largest absolute Gasteiger partial charge is 0.109 e. The normalized spacial score (nSPS) is 11.1. The van der Waals surface area contributed by atoms with Gasteiger partial charge in [-0.05, 0) is 29.2 Å². The van der Waals surface area contributed by atoms with Gasteiger partial charge >= 0.3 is 0 Å². The van der Waals surface area contributed by atoms with Gasteiger partial charge in [0.2, 0.25) is 0 Å². The smallest absolute Gasteiger partial charge is 0.0784 e. The Kier molecular flexibility index (Phi) is 10.9. The molecule has 0 aliphatic rings. The van der Waals surface area contributed by atoms with E-state index >= 15 is 0 Å². The molecule has 0 bridgehead atoms. The molecule has 166 valence electrons. The van der Waals surface area contributed by atoms with E-state index in [2.05, 4.69) is 79.7 Å². The van der Waals surface area contributed by atoms with Crippen LogP contribution in [0.4, 0.5) is 0 Å². The van der Waals surface area contributed by atoms with Crippen LogP contribution in [0.2, 0.25) is 0 Å². The number of hydrogen-bond donors (Lipinski definition) is 0. The van der Waals surface area contributed by atoms with Crippen molar-refractivity contribution in [3.05, 3.63) is 144 Å². The van der Waals surface area contributed by atoms with E-state index in [-0.39, 0.29) is 0 Å². The molecule has 0 aliphatic carbocycles. The highest BCUT2D eigenvalue weighted by molar-refractivity contribution is 8.24. The van der Waals surface area contributed by atoms with Crippen molar-refractivity contribution in [1.82, 2.24) is 0 Å². The highest BCUT2D eigenvalue weighted by Gasteiger charge is 2.09. The summed E-state index contributed by atoms with van der Waals surface area (Å²) in [5, 5.41) is 0.393. The van der Waals surface area contributed by atoms with Crippen LogP contribution in [0.5, 0.6) is 0 Å². The lowest BCUT2D eigenvalue weighted by atomic mass is 10.2. The van der Waals surface area contributed by atoms with Gasteiger partial charge in [0.05, 0.1) is 8.39 Å². The van der Waals surface area contributed by atoms with E-state index < -0.39 is 0 Å². The van der Waals surface area contributed by atoms with Gasteiger partial charge in [-0.1, -0.05) is 146 Å². The lowest BCUT2D eigenvalue weighted by molar-refractivity contribution is 1.11. The molecule has 0 spiro atoms. The van der Waals surface area contributed by atoms with Crippen molar-refractivity contribution in [3.8, 4) is 0 Å². The first-order chi connectivity index (χ1) is 16.1. The molecule has 1 unspecified atom stereocenters. The SMILES string of the molecule is CC(SC(=S)c1ccccc1)c1ccccc1.S=C(SCc1ccccc1)c1ccccc1. The van der Waals surface area contributed by atoms with Gasteiger partial charge in [-0.25, -0.2) is 0 Å². The minimum Gasteiger partial charge on any atom is -0.109 e. The van der Waals surface area contributed by atoms with Gasteiger partial charge in [-0.3, -0.25) is 0 Å². The van der Waals surface area contributed by atoms with Gasteiger partial charge in [0.25, 0.3) is 0 Å². The molecule has 0 nitrogen and oxygen atoms in total. The van der Waals surface area contributed by atoms with E-state index in [0.717, 1.165) is 25.3 Å². The van der Waals surface area contributed by atoms with Crippen LogP contribution < -0.4 is 0 Å². The summed E-state index contributed by atoms with van der Waals surface area (Å²) < 4.78 is 1.92. The molecular formula is C29H26S4. The van der Waals surface area contributed by atoms with Crippen LogP contribution >= 0.6 is 48.0 Å². The van der Waals surface area contributed by atoms with Gasteiger partial charge in [-0.2, -0.15) is 0 Å². The lowest BCUT2D eigenvalue weighted by Crippen LogP contribution is -1.96. The van der Waals surface area contributed by atoms with Gasteiger partial charge in [0.15, 0.2) is 0 Å². The molecule has 0 saturated heterocycles. The topological polar surface area (TPSA) is 0 Å². The molecule has 33 heavy (non-hydrogen) atoms. The highest BCUT2D eigenvalue weighted by atomic mass is 32.2. The van der Waals surface area contributed by atoms with E-state index in [4.69, 9.17) is 24.4 Å². The molecular weight excluding hydrogens is 477 g/mol. The van der Waals surface area contributed by atoms with Crippen LogP contribution in [-0.4, -0.2) is 8.39 Å². The highest BCUT2D eigenvalue weighted by Crippen LogP contribution is 2.31. The standard InChI is InChI=1S/C15H14S2.C14H12S2/c1-12(13-8-4-2-5-9-13)17-15(16)14-10-6-3-7-11-14;15-14(13-9-5-2-6-10-13)16-11-12-7-3-1-4-8-12/h2-12H,1H3;1-10H,11H2. The fourth-order valence-corrected chi connectivity index (χ4v) is 5.54. The van der Waals surface area contributed by atoms with Crippen molar-refractivity contribution in [2.45, 2.75) is 17.9 Å². The Morgan fingerprint density at radius 2 is 1.03 bits per heavy atom. The van der Waals surface area contributed by atoms with Gasteiger partial charge in [-0.15, -0.1) is 23.5 Å². The molecule has 0 heterocycles. The molecule has 0 N–H and O–H groups in total. The summed E-state index contributed by atoms with van der Waals surface area (Å²) in [6, 6.07) is 41.2. The molecule has 0 aromatic heterocycles. The fourth-order valence-electron chi connectivity index (χ4n) is 2.98. The summed E-state index contributed by atoms with van der Waals surface area (Å²) in [5.74, 6) is 0.939. The minimum atomic E-state index is 0.393. The van der Waals surface area contributed by atoms with Crippen LogP contribution in [0.1, 0.15) is 34.4 Å². The van der Waals surface area contributed by atoms with Crippen LogP contribution in [0, 0.1) is 0 Å². The average Bonchev–Trinajstić information content (AvgIpc) is 2.89. The second-order valence-electron chi connectivity index (χ2n) is 7.25. The Hall–Kier alpha value is -2.24. The molecule has 0 saturated carbocycles. The maximum absolute atomic E-state index is 5.46. The minimum absolute atomic E-state index is 0.393. The van der Waals surface area contributed by atoms with Crippen molar-refractivity contribution >= 4 is 56.4 Å².